The number of benzene rings is 1. The SMILES string of the molecule is CCCNC(=O)c1ccc(C)c(NC2=CC=CC3C=C(C(=O)N(CC)C(=O)OCOC(=O)C(C)NC=O)C(C)=C23)c1. The van der Waals surface area contributed by atoms with E-state index in [1.807, 2.05) is 45.1 Å². The second-order valence-corrected chi connectivity index (χ2v) is 9.57. The molecule has 2 unspecified atom stereocenters. The molecule has 0 heterocycles. The third-order valence-electron chi connectivity index (χ3n) is 6.73. The summed E-state index contributed by atoms with van der Waals surface area (Å²) in [7, 11) is 0. The fourth-order valence-corrected chi connectivity index (χ4v) is 4.41. The fraction of sp³-hybridized carbons (Fsp3) is 0.367. The molecule has 11 heteroatoms. The van der Waals surface area contributed by atoms with Gasteiger partial charge in [0, 0.05) is 41.5 Å². The number of imide groups is 1. The van der Waals surface area contributed by atoms with Gasteiger partial charge in [-0.2, -0.15) is 0 Å². The number of carbonyl (C=O) groups excluding carboxylic acids is 5. The number of aryl methyl sites for hydroxylation is 1. The van der Waals surface area contributed by atoms with Crippen LogP contribution < -0.4 is 16.0 Å². The zero-order valence-corrected chi connectivity index (χ0v) is 23.9. The molecule has 0 aromatic heterocycles. The summed E-state index contributed by atoms with van der Waals surface area (Å²) < 4.78 is 9.82. The summed E-state index contributed by atoms with van der Waals surface area (Å²) in [5.41, 5.74) is 4.96. The first-order valence-corrected chi connectivity index (χ1v) is 13.4. The molecule has 2 aliphatic carbocycles. The lowest BCUT2D eigenvalue weighted by Gasteiger charge is -2.22. The first-order valence-electron chi connectivity index (χ1n) is 13.4. The number of nitrogens with zero attached hydrogens (tertiary/aromatic N) is 1. The van der Waals surface area contributed by atoms with Crippen LogP contribution in [0.4, 0.5) is 10.5 Å². The zero-order chi connectivity index (χ0) is 30.1. The van der Waals surface area contributed by atoms with Gasteiger partial charge in [-0.15, -0.1) is 0 Å². The van der Waals surface area contributed by atoms with E-state index in [0.717, 1.165) is 33.8 Å². The van der Waals surface area contributed by atoms with Crippen LogP contribution in [0.3, 0.4) is 0 Å². The first kappa shape index (κ1) is 30.9. The molecule has 3 N–H and O–H groups in total. The van der Waals surface area contributed by atoms with Crippen LogP contribution in [0.1, 0.15) is 50.0 Å². The minimum atomic E-state index is -0.965. The molecule has 218 valence electrons. The molecule has 41 heavy (non-hydrogen) atoms. The molecule has 2 atom stereocenters. The van der Waals surface area contributed by atoms with Crippen molar-refractivity contribution in [2.75, 3.05) is 25.2 Å². The van der Waals surface area contributed by atoms with Crippen molar-refractivity contribution in [1.82, 2.24) is 15.5 Å². The van der Waals surface area contributed by atoms with E-state index in [9.17, 15) is 24.0 Å². The lowest BCUT2D eigenvalue weighted by atomic mass is 9.92. The third kappa shape index (κ3) is 7.30. The lowest BCUT2D eigenvalue weighted by molar-refractivity contribution is -0.155. The quantitative estimate of drug-likeness (QED) is 0.199. The number of carbonyl (C=O) groups is 5. The normalized spacial score (nSPS) is 16.1. The molecule has 0 aliphatic heterocycles. The first-order chi connectivity index (χ1) is 19.6. The Labute approximate surface area is 239 Å². The van der Waals surface area contributed by atoms with Crippen molar-refractivity contribution in [3.8, 4) is 0 Å². The highest BCUT2D eigenvalue weighted by Crippen LogP contribution is 2.40. The van der Waals surface area contributed by atoms with E-state index in [2.05, 4.69) is 16.0 Å². The van der Waals surface area contributed by atoms with E-state index < -0.39 is 30.8 Å². The average Bonchev–Trinajstić information content (AvgIpc) is 3.30. The van der Waals surface area contributed by atoms with Crippen LogP contribution in [-0.2, 0) is 23.9 Å². The van der Waals surface area contributed by atoms with Crippen molar-refractivity contribution >= 4 is 36.0 Å². The predicted octanol–water partition coefficient (Wildman–Crippen LogP) is 3.49. The molecular formula is C30H36N4O7. The molecule has 0 fully saturated rings. The van der Waals surface area contributed by atoms with E-state index in [4.69, 9.17) is 9.47 Å². The van der Waals surface area contributed by atoms with Gasteiger partial charge in [0.1, 0.15) is 6.04 Å². The molecule has 0 saturated heterocycles. The topological polar surface area (TPSA) is 143 Å². The summed E-state index contributed by atoms with van der Waals surface area (Å²) in [6.45, 7) is 8.71. The standard InChI is InChI=1S/C30H36N4O7/c1-6-13-31-27(36)22-12-11-18(3)25(15-22)33-24-10-8-9-21-14-23(19(4)26(21)24)28(37)34(7-2)30(39)41-17-40-29(38)20(5)32-16-35/h8-12,14-16,20-21,33H,6-7,13,17H2,1-5H3,(H,31,36)(H,32,35). The number of amides is 4. The number of nitrogens with one attached hydrogen (secondary N) is 3. The lowest BCUT2D eigenvalue weighted by Crippen LogP contribution is -2.39. The van der Waals surface area contributed by atoms with Crippen LogP contribution in [-0.4, -0.2) is 61.1 Å². The van der Waals surface area contributed by atoms with Crippen LogP contribution in [0.25, 0.3) is 0 Å². The van der Waals surface area contributed by atoms with Crippen molar-refractivity contribution in [2.24, 2.45) is 5.92 Å². The molecule has 1 aromatic rings. The number of hydrogen-bond acceptors (Lipinski definition) is 8. The van der Waals surface area contributed by atoms with Crippen LogP contribution >= 0.6 is 0 Å². The summed E-state index contributed by atoms with van der Waals surface area (Å²) in [6.07, 6.45) is 7.77. The molecular weight excluding hydrogens is 528 g/mol. The van der Waals surface area contributed by atoms with Crippen molar-refractivity contribution in [2.45, 2.75) is 47.1 Å². The number of likely N-dealkylation sites (N-methyl/N-ethyl adjacent to an activating group) is 1. The Bertz CT molecular complexity index is 1340. The van der Waals surface area contributed by atoms with E-state index in [-0.39, 0.29) is 18.4 Å². The van der Waals surface area contributed by atoms with Crippen molar-refractivity contribution < 1.29 is 33.4 Å². The maximum atomic E-state index is 13.4. The van der Waals surface area contributed by atoms with Gasteiger partial charge in [0.2, 0.25) is 13.2 Å². The second kappa shape index (κ2) is 14.1. The van der Waals surface area contributed by atoms with Crippen LogP contribution in [0.2, 0.25) is 0 Å². The average molecular weight is 565 g/mol. The highest BCUT2D eigenvalue weighted by molar-refractivity contribution is 6.06. The summed E-state index contributed by atoms with van der Waals surface area (Å²) in [4.78, 5) is 61.8. The number of rotatable bonds is 12. The summed E-state index contributed by atoms with van der Waals surface area (Å²) in [5, 5.41) is 8.55. The summed E-state index contributed by atoms with van der Waals surface area (Å²) in [6, 6.07) is 4.55. The molecule has 2 aliphatic rings. The number of fused-ring (bicyclic) bond motifs is 1. The minimum absolute atomic E-state index is 0.0300. The van der Waals surface area contributed by atoms with Gasteiger partial charge >= 0.3 is 12.1 Å². The van der Waals surface area contributed by atoms with Gasteiger partial charge in [0.15, 0.2) is 0 Å². The molecule has 11 nitrogen and oxygen atoms in total. The predicted molar refractivity (Wildman–Crippen MR) is 152 cm³/mol. The van der Waals surface area contributed by atoms with E-state index in [0.29, 0.717) is 29.7 Å². The number of hydrogen-bond donors (Lipinski definition) is 3. The molecule has 0 saturated carbocycles. The van der Waals surface area contributed by atoms with E-state index in [1.54, 1.807) is 25.1 Å². The van der Waals surface area contributed by atoms with Crippen LogP contribution in [0, 0.1) is 12.8 Å². The van der Waals surface area contributed by atoms with Crippen molar-refractivity contribution in [1.29, 1.82) is 0 Å². The largest absolute Gasteiger partial charge is 0.426 e. The third-order valence-corrected chi connectivity index (χ3v) is 6.73. The number of allylic oxidation sites excluding steroid dienone is 5. The van der Waals surface area contributed by atoms with Crippen molar-refractivity contribution in [3.05, 3.63) is 76.0 Å². The van der Waals surface area contributed by atoms with Gasteiger partial charge in [-0.3, -0.25) is 14.4 Å². The Morgan fingerprint density at radius 1 is 1.12 bits per heavy atom. The van der Waals surface area contributed by atoms with Crippen LogP contribution in [0.15, 0.2) is 64.9 Å². The van der Waals surface area contributed by atoms with Gasteiger partial charge in [-0.1, -0.05) is 31.2 Å². The molecule has 0 radical (unpaired) electrons. The highest BCUT2D eigenvalue weighted by Gasteiger charge is 2.34. The second-order valence-electron chi connectivity index (χ2n) is 9.57. The van der Waals surface area contributed by atoms with Crippen molar-refractivity contribution in [3.63, 3.8) is 0 Å². The monoisotopic (exact) mass is 564 g/mol. The molecule has 3 rings (SSSR count). The molecule has 0 spiro atoms. The number of esters is 1. The molecule has 1 aromatic carbocycles. The summed E-state index contributed by atoms with van der Waals surface area (Å²) >= 11 is 0. The minimum Gasteiger partial charge on any atom is -0.426 e. The van der Waals surface area contributed by atoms with E-state index >= 15 is 0 Å². The smallest absolute Gasteiger partial charge is 0.419 e. The Morgan fingerprint density at radius 3 is 2.56 bits per heavy atom. The Kier molecular flexibility index (Phi) is 10.6. The maximum absolute atomic E-state index is 13.4. The maximum Gasteiger partial charge on any atom is 0.419 e. The highest BCUT2D eigenvalue weighted by atomic mass is 16.7. The van der Waals surface area contributed by atoms with Gasteiger partial charge in [-0.25, -0.2) is 14.5 Å². The zero-order valence-electron chi connectivity index (χ0n) is 23.9. The van der Waals surface area contributed by atoms with Gasteiger partial charge < -0.3 is 25.4 Å². The molecule has 0 bridgehead atoms. The summed E-state index contributed by atoms with van der Waals surface area (Å²) in [5.74, 6) is -1.68. The van der Waals surface area contributed by atoms with Crippen LogP contribution in [0.5, 0.6) is 0 Å². The number of ether oxygens (including phenoxy) is 2. The van der Waals surface area contributed by atoms with Gasteiger partial charge in [-0.05, 0) is 69.0 Å². The molecule has 4 amide bonds. The number of anilines is 1. The Hall–Kier alpha value is -4.67. The van der Waals surface area contributed by atoms with E-state index in [1.165, 1.54) is 6.92 Å². The van der Waals surface area contributed by atoms with Gasteiger partial charge in [0.05, 0.1) is 0 Å². The Balaban J connectivity index is 1.74. The fourth-order valence-electron chi connectivity index (χ4n) is 4.41. The van der Waals surface area contributed by atoms with Gasteiger partial charge in [0.25, 0.3) is 11.8 Å². The Morgan fingerprint density at radius 2 is 1.88 bits per heavy atom.